The number of likely N-dealkylation sites (tertiary alicyclic amines) is 2. The molecule has 2 saturated heterocycles. The molecule has 1 aromatic carbocycles. The molecule has 0 spiro atoms. The quantitative estimate of drug-likeness (QED) is 0.0709. The topological polar surface area (TPSA) is 152 Å². The highest BCUT2D eigenvalue weighted by Crippen LogP contribution is 2.32. The van der Waals surface area contributed by atoms with Gasteiger partial charge in [-0.25, -0.2) is 4.39 Å². The van der Waals surface area contributed by atoms with Crippen LogP contribution in [-0.2, 0) is 38.1 Å². The second-order valence-electron chi connectivity index (χ2n) is 11.6. The SMILES string of the molecule is N#C/C(=C/c1ccc(F)cc1)C(=O)N1CCC(C2CCN(CC(=O)NCCOCCOCCOCCOCCOCCNC=O)CC2)C1. The normalized spacial score (nSPS) is 17.3. The molecule has 2 aliphatic rings. The van der Waals surface area contributed by atoms with Crippen LogP contribution in [0.5, 0.6) is 0 Å². The molecule has 0 saturated carbocycles. The minimum atomic E-state index is -0.366. The van der Waals surface area contributed by atoms with Gasteiger partial charge in [0, 0.05) is 26.2 Å². The average molecular weight is 676 g/mol. The number of nitrogens with one attached hydrogen (secondary N) is 2. The average Bonchev–Trinajstić information content (AvgIpc) is 3.59. The van der Waals surface area contributed by atoms with Gasteiger partial charge in [-0.15, -0.1) is 0 Å². The number of hydrogen-bond donors (Lipinski definition) is 2. The number of benzene rings is 1. The second kappa shape index (κ2) is 23.8. The van der Waals surface area contributed by atoms with Gasteiger partial charge in [-0.3, -0.25) is 19.3 Å². The van der Waals surface area contributed by atoms with E-state index in [9.17, 15) is 24.0 Å². The van der Waals surface area contributed by atoms with E-state index in [-0.39, 0.29) is 23.2 Å². The third-order valence-electron chi connectivity index (χ3n) is 8.24. The summed E-state index contributed by atoms with van der Waals surface area (Å²) in [5.41, 5.74) is 0.674. The number of rotatable bonds is 24. The Labute approximate surface area is 282 Å². The first-order valence-corrected chi connectivity index (χ1v) is 16.7. The van der Waals surface area contributed by atoms with Gasteiger partial charge in [0.1, 0.15) is 17.5 Å². The first-order valence-electron chi connectivity index (χ1n) is 16.7. The Kier molecular flexibility index (Phi) is 19.3. The summed E-state index contributed by atoms with van der Waals surface area (Å²) in [5.74, 6) is 0.188. The van der Waals surface area contributed by atoms with Crippen LogP contribution in [0.1, 0.15) is 24.8 Å². The summed E-state index contributed by atoms with van der Waals surface area (Å²) in [4.78, 5) is 39.4. The zero-order valence-corrected chi connectivity index (χ0v) is 27.7. The smallest absolute Gasteiger partial charge is 0.264 e. The van der Waals surface area contributed by atoms with Crippen LogP contribution in [-0.4, -0.2) is 140 Å². The van der Waals surface area contributed by atoms with Gasteiger partial charge in [0.2, 0.25) is 12.3 Å². The van der Waals surface area contributed by atoms with Crippen molar-refractivity contribution >= 4 is 24.3 Å². The van der Waals surface area contributed by atoms with E-state index in [4.69, 9.17) is 23.7 Å². The highest BCUT2D eigenvalue weighted by molar-refractivity contribution is 6.01. The highest BCUT2D eigenvalue weighted by Gasteiger charge is 2.34. The Morgan fingerprint density at radius 1 is 0.812 bits per heavy atom. The van der Waals surface area contributed by atoms with E-state index in [0.29, 0.717) is 123 Å². The lowest BCUT2D eigenvalue weighted by molar-refractivity contribution is -0.126. The summed E-state index contributed by atoms with van der Waals surface area (Å²) in [6.45, 7) is 8.72. The summed E-state index contributed by atoms with van der Waals surface area (Å²) >= 11 is 0. The molecule has 266 valence electrons. The Morgan fingerprint density at radius 3 is 1.92 bits per heavy atom. The van der Waals surface area contributed by atoms with Crippen LogP contribution in [0.15, 0.2) is 29.8 Å². The lowest BCUT2D eigenvalue weighted by atomic mass is 9.84. The molecule has 1 unspecified atom stereocenters. The lowest BCUT2D eigenvalue weighted by Gasteiger charge is -2.34. The van der Waals surface area contributed by atoms with E-state index in [2.05, 4.69) is 15.5 Å². The molecule has 1 atom stereocenters. The van der Waals surface area contributed by atoms with Gasteiger partial charge in [-0.2, -0.15) is 5.26 Å². The zero-order chi connectivity index (χ0) is 34.2. The summed E-state index contributed by atoms with van der Waals surface area (Å²) in [5, 5.41) is 15.0. The molecule has 13 nitrogen and oxygen atoms in total. The molecule has 0 radical (unpaired) electrons. The van der Waals surface area contributed by atoms with E-state index < -0.39 is 0 Å². The van der Waals surface area contributed by atoms with E-state index in [0.717, 1.165) is 32.4 Å². The van der Waals surface area contributed by atoms with Crippen molar-refractivity contribution in [2.45, 2.75) is 19.3 Å². The number of carbonyl (C=O) groups is 3. The number of hydrogen-bond acceptors (Lipinski definition) is 10. The summed E-state index contributed by atoms with van der Waals surface area (Å²) in [6.07, 6.45) is 4.99. The van der Waals surface area contributed by atoms with Crippen LogP contribution >= 0.6 is 0 Å². The molecule has 0 aliphatic carbocycles. The molecule has 2 fully saturated rings. The highest BCUT2D eigenvalue weighted by atomic mass is 19.1. The van der Waals surface area contributed by atoms with Crippen molar-refractivity contribution < 1.29 is 42.5 Å². The minimum Gasteiger partial charge on any atom is -0.377 e. The predicted octanol–water partition coefficient (Wildman–Crippen LogP) is 1.24. The van der Waals surface area contributed by atoms with Crippen molar-refractivity contribution in [1.29, 1.82) is 5.26 Å². The molecule has 48 heavy (non-hydrogen) atoms. The number of carbonyl (C=O) groups excluding carboxylic acids is 3. The van der Waals surface area contributed by atoms with Gasteiger partial charge in [-0.05, 0) is 68.0 Å². The van der Waals surface area contributed by atoms with E-state index in [1.54, 1.807) is 17.0 Å². The van der Waals surface area contributed by atoms with Gasteiger partial charge in [0.05, 0.1) is 72.6 Å². The molecule has 14 heteroatoms. The molecule has 3 rings (SSSR count). The number of amides is 3. The van der Waals surface area contributed by atoms with Gasteiger partial charge in [-0.1, -0.05) is 12.1 Å². The fourth-order valence-electron chi connectivity index (χ4n) is 5.67. The Bertz CT molecular complexity index is 1160. The van der Waals surface area contributed by atoms with Crippen molar-refractivity contribution in [1.82, 2.24) is 20.4 Å². The maximum Gasteiger partial charge on any atom is 0.264 e. The van der Waals surface area contributed by atoms with E-state index in [1.807, 2.05) is 6.07 Å². The third kappa shape index (κ3) is 15.6. The first kappa shape index (κ1) is 39.0. The maximum absolute atomic E-state index is 13.2. The fourth-order valence-corrected chi connectivity index (χ4v) is 5.67. The van der Waals surface area contributed by atoms with Crippen molar-refractivity contribution in [2.24, 2.45) is 11.8 Å². The molecular weight excluding hydrogens is 625 g/mol. The van der Waals surface area contributed by atoms with Gasteiger partial charge < -0.3 is 39.2 Å². The zero-order valence-electron chi connectivity index (χ0n) is 27.7. The van der Waals surface area contributed by atoms with Gasteiger partial charge in [0.15, 0.2) is 0 Å². The van der Waals surface area contributed by atoms with Crippen LogP contribution in [0.4, 0.5) is 4.39 Å². The lowest BCUT2D eigenvalue weighted by Crippen LogP contribution is -2.43. The van der Waals surface area contributed by atoms with Crippen molar-refractivity contribution in [2.75, 3.05) is 112 Å². The van der Waals surface area contributed by atoms with Crippen molar-refractivity contribution in [3.8, 4) is 6.07 Å². The van der Waals surface area contributed by atoms with Gasteiger partial charge >= 0.3 is 0 Å². The number of ether oxygens (including phenoxy) is 5. The molecular formula is C34H50FN5O8. The Morgan fingerprint density at radius 2 is 1.35 bits per heavy atom. The van der Waals surface area contributed by atoms with Gasteiger partial charge in [0.25, 0.3) is 5.91 Å². The van der Waals surface area contributed by atoms with Crippen molar-refractivity contribution in [3.63, 3.8) is 0 Å². The minimum absolute atomic E-state index is 0.0246. The van der Waals surface area contributed by atoms with Crippen LogP contribution in [0.3, 0.4) is 0 Å². The Hall–Kier alpha value is -3.45. The second-order valence-corrected chi connectivity index (χ2v) is 11.6. The van der Waals surface area contributed by atoms with Crippen LogP contribution < -0.4 is 10.6 Å². The molecule has 3 amide bonds. The van der Waals surface area contributed by atoms with E-state index >= 15 is 0 Å². The standard InChI is InChI=1S/C34H50FN5O8/c35-32-3-1-28(2-4-32)23-31(24-36)34(43)40-12-7-30(25-40)29-5-10-39(11-6-29)26-33(42)38-9-14-45-16-18-47-20-22-48-21-19-46-17-15-44-13-8-37-27-41/h1-4,23,27,29-30H,5-22,25-26H2,(H,37,41)(H,38,42)/b31-23-. The first-order chi connectivity index (χ1) is 23.5. The van der Waals surface area contributed by atoms with Crippen LogP contribution in [0.2, 0.25) is 0 Å². The monoisotopic (exact) mass is 675 g/mol. The van der Waals surface area contributed by atoms with Crippen molar-refractivity contribution in [3.05, 3.63) is 41.2 Å². The number of piperidine rings is 1. The maximum atomic E-state index is 13.2. The molecule has 2 heterocycles. The summed E-state index contributed by atoms with van der Waals surface area (Å²) in [7, 11) is 0. The largest absolute Gasteiger partial charge is 0.377 e. The summed E-state index contributed by atoms with van der Waals surface area (Å²) in [6, 6.07) is 7.72. The number of nitriles is 1. The third-order valence-corrected chi connectivity index (χ3v) is 8.24. The molecule has 0 bridgehead atoms. The van der Waals surface area contributed by atoms with Crippen LogP contribution in [0, 0.1) is 29.0 Å². The van der Waals surface area contributed by atoms with Crippen LogP contribution in [0.25, 0.3) is 6.08 Å². The molecule has 0 aromatic heterocycles. The summed E-state index contributed by atoms with van der Waals surface area (Å²) < 4.78 is 40.3. The molecule has 2 N–H and O–H groups in total. The number of halogens is 1. The fraction of sp³-hybridized carbons (Fsp3) is 0.647. The molecule has 2 aliphatic heterocycles. The van der Waals surface area contributed by atoms with E-state index in [1.165, 1.54) is 18.2 Å². The number of nitrogens with zero attached hydrogens (tertiary/aromatic N) is 3. The Balaban J connectivity index is 1.14. The molecule has 1 aromatic rings. The predicted molar refractivity (Wildman–Crippen MR) is 175 cm³/mol.